The molecule has 0 atom stereocenters. The van der Waals surface area contributed by atoms with Crippen molar-refractivity contribution in [2.45, 2.75) is 19.8 Å². The third kappa shape index (κ3) is 3.54. The zero-order valence-electron chi connectivity index (χ0n) is 7.79. The fraction of sp³-hybridized carbons (Fsp3) is 0.455. The van der Waals surface area contributed by atoms with Crippen LogP contribution in [0.5, 0.6) is 0 Å². The van der Waals surface area contributed by atoms with Crippen molar-refractivity contribution in [3.05, 3.63) is 35.9 Å². The van der Waals surface area contributed by atoms with Crippen molar-refractivity contribution >= 4 is 0 Å². The Morgan fingerprint density at radius 2 is 1.83 bits per heavy atom. The van der Waals surface area contributed by atoms with Gasteiger partial charge in [0.2, 0.25) is 0 Å². The first-order chi connectivity index (χ1) is 5.93. The molecular weight excluding hydrogens is 146 g/mol. The first kappa shape index (κ1) is 9.27. The summed E-state index contributed by atoms with van der Waals surface area (Å²) < 4.78 is 0. The second kappa shape index (κ2) is 5.78. The Morgan fingerprint density at radius 1 is 1.08 bits per heavy atom. The van der Waals surface area contributed by atoms with Crippen LogP contribution in [-0.2, 0) is 6.42 Å². The maximum atomic E-state index is 2.38. The molecule has 1 rings (SSSR count). The molecular formula is C11H18N+. The van der Waals surface area contributed by atoms with Crippen molar-refractivity contribution in [1.29, 1.82) is 0 Å². The summed E-state index contributed by atoms with van der Waals surface area (Å²) in [5, 5.41) is 2.38. The Kier molecular flexibility index (Phi) is 4.47. The van der Waals surface area contributed by atoms with Crippen LogP contribution in [-0.4, -0.2) is 13.1 Å². The lowest BCUT2D eigenvalue weighted by molar-refractivity contribution is -0.654. The summed E-state index contributed by atoms with van der Waals surface area (Å²) in [7, 11) is 0. The Bertz CT molecular complexity index is 193. The van der Waals surface area contributed by atoms with Gasteiger partial charge in [-0.1, -0.05) is 37.3 Å². The molecule has 0 saturated carbocycles. The molecule has 0 amide bonds. The minimum absolute atomic E-state index is 1.20. The first-order valence-electron chi connectivity index (χ1n) is 4.79. The van der Waals surface area contributed by atoms with Crippen molar-refractivity contribution < 1.29 is 5.32 Å². The van der Waals surface area contributed by atoms with Crippen LogP contribution in [0, 0.1) is 0 Å². The lowest BCUT2D eigenvalue weighted by Crippen LogP contribution is -2.84. The van der Waals surface area contributed by atoms with Gasteiger partial charge in [-0.3, -0.25) is 0 Å². The van der Waals surface area contributed by atoms with Crippen molar-refractivity contribution in [3.8, 4) is 0 Å². The van der Waals surface area contributed by atoms with Crippen molar-refractivity contribution in [2.24, 2.45) is 0 Å². The van der Waals surface area contributed by atoms with Gasteiger partial charge in [0, 0.05) is 6.42 Å². The summed E-state index contributed by atoms with van der Waals surface area (Å²) in [6.45, 7) is 4.70. The standard InChI is InChI=1S/C11H17N/c1-2-9-12-10-8-11-6-4-3-5-7-11/h3-7,12H,2,8-10H2,1H3/p+1. The van der Waals surface area contributed by atoms with Crippen LogP contribution < -0.4 is 5.32 Å². The highest BCUT2D eigenvalue weighted by molar-refractivity contribution is 5.14. The number of benzene rings is 1. The van der Waals surface area contributed by atoms with E-state index in [1.165, 1.54) is 31.5 Å². The third-order valence-electron chi connectivity index (χ3n) is 1.97. The largest absolute Gasteiger partial charge is 0.346 e. The maximum absolute atomic E-state index is 2.38. The van der Waals surface area contributed by atoms with E-state index in [0.717, 1.165) is 0 Å². The molecule has 0 spiro atoms. The van der Waals surface area contributed by atoms with Crippen LogP contribution in [0.25, 0.3) is 0 Å². The Balaban J connectivity index is 2.16. The fourth-order valence-corrected chi connectivity index (χ4v) is 1.26. The van der Waals surface area contributed by atoms with Gasteiger partial charge in [-0.05, 0) is 12.0 Å². The van der Waals surface area contributed by atoms with Crippen LogP contribution in [0.1, 0.15) is 18.9 Å². The van der Waals surface area contributed by atoms with Crippen LogP contribution >= 0.6 is 0 Å². The summed E-state index contributed by atoms with van der Waals surface area (Å²) in [5.74, 6) is 0. The number of hydrogen-bond donors (Lipinski definition) is 1. The highest BCUT2D eigenvalue weighted by atomic mass is 14.8. The zero-order chi connectivity index (χ0) is 8.65. The molecule has 1 aromatic carbocycles. The van der Waals surface area contributed by atoms with Gasteiger partial charge in [0.25, 0.3) is 0 Å². The molecule has 0 unspecified atom stereocenters. The number of rotatable bonds is 5. The van der Waals surface area contributed by atoms with Crippen LogP contribution in [0.3, 0.4) is 0 Å². The SMILES string of the molecule is CCC[NH2+]CCc1ccccc1. The molecule has 0 aliphatic carbocycles. The highest BCUT2D eigenvalue weighted by Crippen LogP contribution is 1.96. The lowest BCUT2D eigenvalue weighted by Gasteiger charge is -1.99. The number of hydrogen-bond acceptors (Lipinski definition) is 0. The lowest BCUT2D eigenvalue weighted by atomic mass is 10.1. The van der Waals surface area contributed by atoms with Crippen molar-refractivity contribution in [2.75, 3.05) is 13.1 Å². The number of quaternary nitrogens is 1. The second-order valence-corrected chi connectivity index (χ2v) is 3.10. The molecule has 1 aromatic rings. The normalized spacial score (nSPS) is 10.1. The molecule has 12 heavy (non-hydrogen) atoms. The van der Waals surface area contributed by atoms with Gasteiger partial charge in [0.1, 0.15) is 0 Å². The molecule has 0 aliphatic heterocycles. The molecule has 2 N–H and O–H groups in total. The van der Waals surface area contributed by atoms with E-state index in [0.29, 0.717) is 0 Å². The molecule has 0 aliphatic rings. The third-order valence-corrected chi connectivity index (χ3v) is 1.97. The fourth-order valence-electron chi connectivity index (χ4n) is 1.26. The quantitative estimate of drug-likeness (QED) is 0.630. The van der Waals surface area contributed by atoms with Crippen LogP contribution in [0.15, 0.2) is 30.3 Å². The molecule has 0 saturated heterocycles. The summed E-state index contributed by atoms with van der Waals surface area (Å²) in [6.07, 6.45) is 2.47. The van der Waals surface area contributed by atoms with Gasteiger partial charge < -0.3 is 5.32 Å². The summed E-state index contributed by atoms with van der Waals surface area (Å²) in [4.78, 5) is 0. The minimum Gasteiger partial charge on any atom is -0.346 e. The Labute approximate surface area is 74.8 Å². The minimum atomic E-state index is 1.20. The van der Waals surface area contributed by atoms with E-state index in [1.807, 2.05) is 0 Å². The predicted molar refractivity (Wildman–Crippen MR) is 52.1 cm³/mol. The van der Waals surface area contributed by atoms with Crippen molar-refractivity contribution in [3.63, 3.8) is 0 Å². The van der Waals surface area contributed by atoms with E-state index < -0.39 is 0 Å². The maximum Gasteiger partial charge on any atom is 0.0796 e. The second-order valence-electron chi connectivity index (χ2n) is 3.10. The first-order valence-corrected chi connectivity index (χ1v) is 4.79. The Morgan fingerprint density at radius 3 is 2.50 bits per heavy atom. The number of nitrogens with two attached hydrogens (primary N) is 1. The van der Waals surface area contributed by atoms with E-state index in [2.05, 4.69) is 42.6 Å². The molecule has 0 bridgehead atoms. The van der Waals surface area contributed by atoms with Gasteiger partial charge >= 0.3 is 0 Å². The van der Waals surface area contributed by atoms with E-state index in [1.54, 1.807) is 0 Å². The monoisotopic (exact) mass is 164 g/mol. The van der Waals surface area contributed by atoms with Gasteiger partial charge in [0.15, 0.2) is 0 Å². The van der Waals surface area contributed by atoms with Crippen LogP contribution in [0.2, 0.25) is 0 Å². The van der Waals surface area contributed by atoms with E-state index in [-0.39, 0.29) is 0 Å². The summed E-state index contributed by atoms with van der Waals surface area (Å²) >= 11 is 0. The molecule has 1 nitrogen and oxygen atoms in total. The smallest absolute Gasteiger partial charge is 0.0796 e. The van der Waals surface area contributed by atoms with E-state index >= 15 is 0 Å². The van der Waals surface area contributed by atoms with Crippen molar-refractivity contribution in [1.82, 2.24) is 0 Å². The van der Waals surface area contributed by atoms with E-state index in [4.69, 9.17) is 0 Å². The molecule has 0 fully saturated rings. The average molecular weight is 164 g/mol. The van der Waals surface area contributed by atoms with Gasteiger partial charge in [-0.25, -0.2) is 0 Å². The molecule has 0 heterocycles. The van der Waals surface area contributed by atoms with Gasteiger partial charge in [-0.2, -0.15) is 0 Å². The highest BCUT2D eigenvalue weighted by Gasteiger charge is 1.91. The zero-order valence-corrected chi connectivity index (χ0v) is 7.79. The average Bonchev–Trinajstić information content (AvgIpc) is 2.14. The van der Waals surface area contributed by atoms with Gasteiger partial charge in [0.05, 0.1) is 13.1 Å². The molecule has 1 heteroatoms. The van der Waals surface area contributed by atoms with Crippen LogP contribution in [0.4, 0.5) is 0 Å². The summed E-state index contributed by atoms with van der Waals surface area (Å²) in [6, 6.07) is 10.7. The Hall–Kier alpha value is -0.820. The molecule has 0 radical (unpaired) electrons. The molecule has 66 valence electrons. The predicted octanol–water partition coefficient (Wildman–Crippen LogP) is 1.20. The topological polar surface area (TPSA) is 16.6 Å². The molecule has 0 aromatic heterocycles. The van der Waals surface area contributed by atoms with E-state index in [9.17, 15) is 0 Å². The van der Waals surface area contributed by atoms with Gasteiger partial charge in [-0.15, -0.1) is 0 Å². The summed E-state index contributed by atoms with van der Waals surface area (Å²) in [5.41, 5.74) is 1.45.